The van der Waals surface area contributed by atoms with E-state index in [1.165, 1.54) is 4.90 Å². The van der Waals surface area contributed by atoms with E-state index >= 15 is 0 Å². The van der Waals surface area contributed by atoms with Crippen LogP contribution in [0.4, 0.5) is 0 Å². The average Bonchev–Trinajstić information content (AvgIpc) is 3.81. The second kappa shape index (κ2) is 26.2. The molecule has 1 fully saturated rings. The highest BCUT2D eigenvalue weighted by atomic mass is 32.1. The smallest absolute Gasteiger partial charge is 0.306 e. The number of ether oxygens (including phenoxy) is 4. The first-order valence-electron chi connectivity index (χ1n) is 20.5. The number of nitrogens with zero attached hydrogens (tertiary/aromatic N) is 2. The van der Waals surface area contributed by atoms with Gasteiger partial charge in [-0.05, 0) is 36.3 Å². The summed E-state index contributed by atoms with van der Waals surface area (Å²) in [6, 6.07) is 5.93. The molecule has 58 heavy (non-hydrogen) atoms. The molecule has 2 aromatic rings. The van der Waals surface area contributed by atoms with Crippen molar-refractivity contribution >= 4 is 41.0 Å². The summed E-state index contributed by atoms with van der Waals surface area (Å²) in [7, 11) is 0. The van der Waals surface area contributed by atoms with Gasteiger partial charge in [0.05, 0.1) is 55.7 Å². The number of nitrogens with one attached hydrogen (secondary N) is 2. The number of amides is 3. The lowest BCUT2D eigenvalue weighted by Crippen LogP contribution is -2.58. The SMILES string of the molecule is Cc1ncsc1-c1ccc(CNC(=O)[C@@H]2C[C@@H](OC(=O)CCCCCCCCCCC(=O)O)CN2C(=O)[C@@H](NC(=O)COCCOCCOCCN)C(C)(C)C)cc1. The Morgan fingerprint density at radius 1 is 0.897 bits per heavy atom. The van der Waals surface area contributed by atoms with Gasteiger partial charge >= 0.3 is 11.9 Å². The summed E-state index contributed by atoms with van der Waals surface area (Å²) < 4.78 is 22.0. The summed E-state index contributed by atoms with van der Waals surface area (Å²) in [4.78, 5) is 71.6. The summed E-state index contributed by atoms with van der Waals surface area (Å²) in [5.41, 5.74) is 9.34. The fourth-order valence-corrected chi connectivity index (χ4v) is 7.40. The molecular weight excluding hydrogens is 767 g/mol. The molecule has 1 aliphatic heterocycles. The third-order valence-corrected chi connectivity index (χ3v) is 10.7. The number of carboxylic acids is 1. The highest BCUT2D eigenvalue weighted by Gasteiger charge is 2.46. The van der Waals surface area contributed by atoms with Crippen LogP contribution in [0.25, 0.3) is 10.4 Å². The van der Waals surface area contributed by atoms with Gasteiger partial charge in [-0.3, -0.25) is 24.0 Å². The number of nitrogens with two attached hydrogens (primary N) is 1. The van der Waals surface area contributed by atoms with Crippen molar-refractivity contribution < 1.29 is 48.0 Å². The van der Waals surface area contributed by atoms with E-state index in [-0.39, 0.29) is 64.0 Å². The number of esters is 1. The number of benzene rings is 1. The van der Waals surface area contributed by atoms with Crippen molar-refractivity contribution in [3.8, 4) is 10.4 Å². The molecule has 16 heteroatoms. The zero-order valence-corrected chi connectivity index (χ0v) is 35.6. The summed E-state index contributed by atoms with van der Waals surface area (Å²) in [6.45, 7) is 9.51. The Hall–Kier alpha value is -3.96. The summed E-state index contributed by atoms with van der Waals surface area (Å²) >= 11 is 1.56. The number of carbonyl (C=O) groups is 5. The maximum absolute atomic E-state index is 14.3. The number of hydrogen-bond donors (Lipinski definition) is 4. The van der Waals surface area contributed by atoms with E-state index < -0.39 is 41.4 Å². The fraction of sp³-hybridized carbons (Fsp3) is 0.667. The molecule has 5 N–H and O–H groups in total. The summed E-state index contributed by atoms with van der Waals surface area (Å²) in [5, 5.41) is 14.6. The van der Waals surface area contributed by atoms with E-state index in [0.29, 0.717) is 39.2 Å². The van der Waals surface area contributed by atoms with Gasteiger partial charge in [0.1, 0.15) is 24.8 Å². The quantitative estimate of drug-likeness (QED) is 0.0676. The molecule has 0 spiro atoms. The van der Waals surface area contributed by atoms with Gasteiger partial charge < -0.3 is 45.3 Å². The van der Waals surface area contributed by atoms with E-state index in [9.17, 15) is 24.0 Å². The maximum Gasteiger partial charge on any atom is 0.306 e. The minimum Gasteiger partial charge on any atom is -0.481 e. The van der Waals surface area contributed by atoms with E-state index in [2.05, 4.69) is 15.6 Å². The largest absolute Gasteiger partial charge is 0.481 e. The summed E-state index contributed by atoms with van der Waals surface area (Å²) in [6.07, 6.45) is 7.00. The number of likely N-dealkylation sites (tertiary alicyclic amines) is 1. The minimum absolute atomic E-state index is 0.0126. The molecular formula is C42H65N5O10S. The van der Waals surface area contributed by atoms with Gasteiger partial charge in [-0.1, -0.05) is 83.6 Å². The average molecular weight is 832 g/mol. The number of aryl methyl sites for hydroxylation is 1. The number of aromatic nitrogens is 1. The number of aliphatic carboxylic acids is 1. The van der Waals surface area contributed by atoms with Gasteiger partial charge in [-0.2, -0.15) is 0 Å². The number of rotatable bonds is 28. The molecule has 324 valence electrons. The lowest BCUT2D eigenvalue weighted by molar-refractivity contribution is -0.150. The Morgan fingerprint density at radius 2 is 1.50 bits per heavy atom. The first-order chi connectivity index (χ1) is 27.8. The lowest BCUT2D eigenvalue weighted by atomic mass is 9.85. The number of thiazole rings is 1. The standard InChI is InChI=1S/C42H65N5O10S/c1-30-38(58-29-45-30)32-17-15-31(16-18-32)26-44-40(52)34-25-33(57-37(51)14-12-10-8-6-5-7-9-11-13-36(49)50)27-47(34)41(53)39(42(2,3)4)46-35(48)28-56-24-23-55-22-21-54-20-19-43/h15-18,29,33-34,39H,5-14,19-28,43H2,1-4H3,(H,44,52)(H,46,48)(H,49,50)/t33-,34+,39-/m1/s1. The molecule has 3 rings (SSSR count). The Bertz CT molecular complexity index is 1560. The van der Waals surface area contributed by atoms with Crippen LogP contribution in [0.1, 0.15) is 103 Å². The first kappa shape index (κ1) is 48.4. The molecule has 1 saturated heterocycles. The van der Waals surface area contributed by atoms with E-state index in [1.807, 2.05) is 57.5 Å². The molecule has 0 saturated carbocycles. The van der Waals surface area contributed by atoms with Crippen LogP contribution in [0, 0.1) is 12.3 Å². The zero-order valence-electron chi connectivity index (χ0n) is 34.8. The molecule has 15 nitrogen and oxygen atoms in total. The summed E-state index contributed by atoms with van der Waals surface area (Å²) in [5.74, 6) is -2.46. The van der Waals surface area contributed by atoms with E-state index in [1.54, 1.807) is 11.3 Å². The van der Waals surface area contributed by atoms with Gasteiger partial charge in [-0.25, -0.2) is 4.98 Å². The molecule has 1 aliphatic rings. The number of hydrogen-bond acceptors (Lipinski definition) is 12. The molecule has 0 unspecified atom stereocenters. The Labute approximate surface area is 347 Å². The van der Waals surface area contributed by atoms with Crippen LogP contribution in [0.5, 0.6) is 0 Å². The Balaban J connectivity index is 1.59. The zero-order chi connectivity index (χ0) is 42.3. The fourth-order valence-electron chi connectivity index (χ4n) is 6.59. The van der Waals surface area contributed by atoms with Crippen molar-refractivity contribution in [1.82, 2.24) is 20.5 Å². The third-order valence-electron chi connectivity index (χ3n) is 9.75. The van der Waals surface area contributed by atoms with Crippen molar-refractivity contribution in [2.24, 2.45) is 11.1 Å². The van der Waals surface area contributed by atoms with Crippen molar-refractivity contribution in [2.45, 2.75) is 123 Å². The van der Waals surface area contributed by atoms with Crippen LogP contribution in [-0.4, -0.2) is 116 Å². The highest BCUT2D eigenvalue weighted by Crippen LogP contribution is 2.29. The molecule has 1 aromatic carbocycles. The lowest BCUT2D eigenvalue weighted by Gasteiger charge is -2.35. The second-order valence-electron chi connectivity index (χ2n) is 15.7. The van der Waals surface area contributed by atoms with Gasteiger partial charge in [0.2, 0.25) is 17.7 Å². The molecule has 2 heterocycles. The normalized spacial score (nSPS) is 15.9. The molecule has 0 bridgehead atoms. The molecule has 3 amide bonds. The third kappa shape index (κ3) is 17.9. The van der Waals surface area contributed by atoms with Crippen LogP contribution in [0.15, 0.2) is 29.8 Å². The predicted molar refractivity (Wildman–Crippen MR) is 221 cm³/mol. The molecule has 0 radical (unpaired) electrons. The van der Waals surface area contributed by atoms with Crippen molar-refractivity contribution in [1.29, 1.82) is 0 Å². The predicted octanol–water partition coefficient (Wildman–Crippen LogP) is 4.77. The van der Waals surface area contributed by atoms with E-state index in [0.717, 1.165) is 60.2 Å². The second-order valence-corrected chi connectivity index (χ2v) is 16.5. The molecule has 1 aromatic heterocycles. The van der Waals surface area contributed by atoms with Crippen LogP contribution in [0.3, 0.4) is 0 Å². The minimum atomic E-state index is -0.996. The Morgan fingerprint density at radius 3 is 2.09 bits per heavy atom. The highest BCUT2D eigenvalue weighted by molar-refractivity contribution is 7.13. The topological polar surface area (TPSA) is 209 Å². The van der Waals surface area contributed by atoms with Crippen LogP contribution < -0.4 is 16.4 Å². The van der Waals surface area contributed by atoms with Crippen LogP contribution in [-0.2, 0) is 49.5 Å². The van der Waals surface area contributed by atoms with Gasteiger partial charge in [-0.15, -0.1) is 11.3 Å². The van der Waals surface area contributed by atoms with Crippen LogP contribution in [0.2, 0.25) is 0 Å². The number of carboxylic acid groups (broad SMARTS) is 1. The monoisotopic (exact) mass is 831 g/mol. The van der Waals surface area contributed by atoms with E-state index in [4.69, 9.17) is 29.8 Å². The number of carbonyl (C=O) groups excluding carboxylic acids is 4. The number of unbranched alkanes of at least 4 members (excludes halogenated alkanes) is 7. The van der Waals surface area contributed by atoms with Crippen LogP contribution >= 0.6 is 11.3 Å². The van der Waals surface area contributed by atoms with Gasteiger partial charge in [0.25, 0.3) is 0 Å². The first-order valence-corrected chi connectivity index (χ1v) is 21.4. The van der Waals surface area contributed by atoms with Gasteiger partial charge in [0.15, 0.2) is 0 Å². The Kier molecular flexibility index (Phi) is 21.9. The molecule has 3 atom stereocenters. The van der Waals surface area contributed by atoms with Crippen molar-refractivity contribution in [3.05, 3.63) is 41.0 Å². The molecule has 0 aliphatic carbocycles. The van der Waals surface area contributed by atoms with Crippen molar-refractivity contribution in [3.63, 3.8) is 0 Å². The van der Waals surface area contributed by atoms with Crippen molar-refractivity contribution in [2.75, 3.05) is 52.7 Å². The van der Waals surface area contributed by atoms with Gasteiger partial charge in [0, 0.05) is 32.4 Å². The maximum atomic E-state index is 14.3.